The Bertz CT molecular complexity index is 259. The molecular weight excluding hydrogens is 224 g/mol. The predicted molar refractivity (Wildman–Crippen MR) is 73.7 cm³/mol. The van der Waals surface area contributed by atoms with E-state index >= 15 is 0 Å². The SMILES string of the molecule is COC1CC(NC2CCCCC2C2CCCN2)C1. The van der Waals surface area contributed by atoms with E-state index in [0.29, 0.717) is 6.10 Å². The van der Waals surface area contributed by atoms with Crippen LogP contribution < -0.4 is 10.6 Å². The van der Waals surface area contributed by atoms with E-state index in [2.05, 4.69) is 10.6 Å². The number of rotatable bonds is 4. The van der Waals surface area contributed by atoms with Gasteiger partial charge < -0.3 is 15.4 Å². The van der Waals surface area contributed by atoms with Crippen LogP contribution in [-0.2, 0) is 4.74 Å². The summed E-state index contributed by atoms with van der Waals surface area (Å²) >= 11 is 0. The van der Waals surface area contributed by atoms with Crippen LogP contribution in [0.2, 0.25) is 0 Å². The second-order valence-electron chi connectivity index (χ2n) is 6.45. The maximum absolute atomic E-state index is 5.38. The number of nitrogens with one attached hydrogen (secondary N) is 2. The molecule has 3 unspecified atom stereocenters. The molecule has 3 fully saturated rings. The van der Waals surface area contributed by atoms with Crippen LogP contribution in [0.1, 0.15) is 51.4 Å². The van der Waals surface area contributed by atoms with Gasteiger partial charge in [0, 0.05) is 25.2 Å². The standard InChI is InChI=1S/C15H28N2O/c1-18-12-9-11(10-12)17-15-6-3-2-5-13(15)14-7-4-8-16-14/h11-17H,2-10H2,1H3. The van der Waals surface area contributed by atoms with Crippen LogP contribution in [0.15, 0.2) is 0 Å². The molecule has 3 aliphatic rings. The lowest BCUT2D eigenvalue weighted by atomic mass is 9.77. The molecule has 0 aromatic carbocycles. The fourth-order valence-electron chi connectivity index (χ4n) is 4.12. The molecule has 3 atom stereocenters. The third-order valence-electron chi connectivity index (χ3n) is 5.31. The summed E-state index contributed by atoms with van der Waals surface area (Å²) in [6, 6.07) is 2.28. The van der Waals surface area contributed by atoms with Gasteiger partial charge in [0.05, 0.1) is 6.10 Å². The zero-order valence-corrected chi connectivity index (χ0v) is 11.7. The molecule has 3 rings (SSSR count). The van der Waals surface area contributed by atoms with Crippen molar-refractivity contribution in [2.45, 2.75) is 75.6 Å². The van der Waals surface area contributed by atoms with Gasteiger partial charge in [-0.1, -0.05) is 12.8 Å². The summed E-state index contributed by atoms with van der Waals surface area (Å²) in [5, 5.41) is 7.65. The molecule has 0 aromatic rings. The average Bonchev–Trinajstić information content (AvgIpc) is 2.87. The Hall–Kier alpha value is -0.120. The first kappa shape index (κ1) is 12.9. The van der Waals surface area contributed by atoms with Crippen molar-refractivity contribution in [1.29, 1.82) is 0 Å². The van der Waals surface area contributed by atoms with E-state index < -0.39 is 0 Å². The molecule has 1 saturated heterocycles. The van der Waals surface area contributed by atoms with Crippen molar-refractivity contribution >= 4 is 0 Å². The molecule has 104 valence electrons. The summed E-state index contributed by atoms with van der Waals surface area (Å²) in [4.78, 5) is 0. The van der Waals surface area contributed by atoms with E-state index in [1.165, 1.54) is 57.9 Å². The van der Waals surface area contributed by atoms with Gasteiger partial charge in [-0.3, -0.25) is 0 Å². The topological polar surface area (TPSA) is 33.3 Å². The molecule has 3 nitrogen and oxygen atoms in total. The molecule has 0 radical (unpaired) electrons. The highest BCUT2D eigenvalue weighted by Gasteiger charge is 2.37. The first-order chi connectivity index (χ1) is 8.86. The first-order valence-electron chi connectivity index (χ1n) is 7.89. The molecular formula is C15H28N2O. The van der Waals surface area contributed by atoms with Crippen molar-refractivity contribution < 1.29 is 4.74 Å². The zero-order valence-electron chi connectivity index (χ0n) is 11.7. The highest BCUT2D eigenvalue weighted by Crippen LogP contribution is 2.33. The highest BCUT2D eigenvalue weighted by molar-refractivity contribution is 4.95. The van der Waals surface area contributed by atoms with Crippen LogP contribution in [0, 0.1) is 5.92 Å². The number of hydrogen-bond donors (Lipinski definition) is 2. The van der Waals surface area contributed by atoms with Crippen LogP contribution in [0.25, 0.3) is 0 Å². The van der Waals surface area contributed by atoms with E-state index in [0.717, 1.165) is 24.0 Å². The molecule has 0 spiro atoms. The van der Waals surface area contributed by atoms with Crippen molar-refractivity contribution in [2.24, 2.45) is 5.92 Å². The Kier molecular flexibility index (Phi) is 4.22. The van der Waals surface area contributed by atoms with Crippen molar-refractivity contribution in [2.75, 3.05) is 13.7 Å². The van der Waals surface area contributed by atoms with Crippen LogP contribution in [0.4, 0.5) is 0 Å². The third-order valence-corrected chi connectivity index (χ3v) is 5.31. The van der Waals surface area contributed by atoms with Crippen molar-refractivity contribution in [3.63, 3.8) is 0 Å². The van der Waals surface area contributed by atoms with Gasteiger partial charge in [-0.05, 0) is 51.0 Å². The average molecular weight is 252 g/mol. The maximum atomic E-state index is 5.38. The summed E-state index contributed by atoms with van der Waals surface area (Å²) in [5.41, 5.74) is 0. The highest BCUT2D eigenvalue weighted by atomic mass is 16.5. The fraction of sp³-hybridized carbons (Fsp3) is 1.00. The second kappa shape index (κ2) is 5.89. The number of methoxy groups -OCH3 is 1. The number of hydrogen-bond acceptors (Lipinski definition) is 3. The minimum atomic E-state index is 0.522. The lowest BCUT2D eigenvalue weighted by Crippen LogP contribution is -2.54. The van der Waals surface area contributed by atoms with Gasteiger partial charge in [-0.15, -0.1) is 0 Å². The Labute approximate surface area is 111 Å². The summed E-state index contributed by atoms with van der Waals surface area (Å²) < 4.78 is 5.38. The van der Waals surface area contributed by atoms with Crippen LogP contribution in [-0.4, -0.2) is 37.9 Å². The fourth-order valence-corrected chi connectivity index (χ4v) is 4.12. The molecule has 1 aliphatic heterocycles. The quantitative estimate of drug-likeness (QED) is 0.803. The molecule has 0 amide bonds. The first-order valence-corrected chi connectivity index (χ1v) is 7.89. The van der Waals surface area contributed by atoms with Gasteiger partial charge in [0.1, 0.15) is 0 Å². The maximum Gasteiger partial charge on any atom is 0.0601 e. The van der Waals surface area contributed by atoms with Crippen molar-refractivity contribution in [1.82, 2.24) is 10.6 Å². The smallest absolute Gasteiger partial charge is 0.0601 e. The zero-order chi connectivity index (χ0) is 12.4. The molecule has 0 bridgehead atoms. The summed E-state index contributed by atoms with van der Waals surface area (Å²) in [5.74, 6) is 0.878. The Morgan fingerprint density at radius 1 is 1.06 bits per heavy atom. The van der Waals surface area contributed by atoms with E-state index in [1.54, 1.807) is 0 Å². The molecule has 18 heavy (non-hydrogen) atoms. The van der Waals surface area contributed by atoms with Crippen LogP contribution in [0.3, 0.4) is 0 Å². The van der Waals surface area contributed by atoms with Crippen LogP contribution >= 0.6 is 0 Å². The van der Waals surface area contributed by atoms with Gasteiger partial charge in [0.15, 0.2) is 0 Å². The van der Waals surface area contributed by atoms with Gasteiger partial charge in [0.25, 0.3) is 0 Å². The monoisotopic (exact) mass is 252 g/mol. The minimum Gasteiger partial charge on any atom is -0.381 e. The molecule has 2 aliphatic carbocycles. The Balaban J connectivity index is 1.51. The lowest BCUT2D eigenvalue weighted by molar-refractivity contribution is 0.00874. The Morgan fingerprint density at radius 3 is 2.61 bits per heavy atom. The summed E-state index contributed by atoms with van der Waals surface area (Å²) in [7, 11) is 1.84. The molecule has 2 saturated carbocycles. The summed E-state index contributed by atoms with van der Waals surface area (Å²) in [6.45, 7) is 1.24. The largest absolute Gasteiger partial charge is 0.381 e. The predicted octanol–water partition coefficient (Wildman–Crippen LogP) is 2.06. The van der Waals surface area contributed by atoms with Gasteiger partial charge in [-0.2, -0.15) is 0 Å². The second-order valence-corrected chi connectivity index (χ2v) is 6.45. The van der Waals surface area contributed by atoms with E-state index in [1.807, 2.05) is 7.11 Å². The van der Waals surface area contributed by atoms with Crippen molar-refractivity contribution in [3.8, 4) is 0 Å². The van der Waals surface area contributed by atoms with E-state index in [9.17, 15) is 0 Å². The van der Waals surface area contributed by atoms with Crippen molar-refractivity contribution in [3.05, 3.63) is 0 Å². The summed E-state index contributed by atoms with van der Waals surface area (Å²) in [6.07, 6.45) is 11.4. The van der Waals surface area contributed by atoms with E-state index in [4.69, 9.17) is 4.74 Å². The third kappa shape index (κ3) is 2.73. The Morgan fingerprint density at radius 2 is 1.89 bits per heavy atom. The number of ether oxygens (including phenoxy) is 1. The van der Waals surface area contributed by atoms with Gasteiger partial charge in [-0.25, -0.2) is 0 Å². The molecule has 1 heterocycles. The van der Waals surface area contributed by atoms with Gasteiger partial charge in [0.2, 0.25) is 0 Å². The molecule has 2 N–H and O–H groups in total. The molecule has 3 heteroatoms. The minimum absolute atomic E-state index is 0.522. The van der Waals surface area contributed by atoms with E-state index in [-0.39, 0.29) is 0 Å². The molecule has 0 aromatic heterocycles. The van der Waals surface area contributed by atoms with Crippen LogP contribution in [0.5, 0.6) is 0 Å². The lowest BCUT2D eigenvalue weighted by Gasteiger charge is -2.43. The van der Waals surface area contributed by atoms with Gasteiger partial charge >= 0.3 is 0 Å². The normalized spacial score (nSPS) is 44.8.